The Morgan fingerprint density at radius 2 is 2.04 bits per heavy atom. The van der Waals surface area contributed by atoms with Gasteiger partial charge in [0, 0.05) is 17.3 Å². The van der Waals surface area contributed by atoms with E-state index in [2.05, 4.69) is 15.0 Å². The van der Waals surface area contributed by atoms with Gasteiger partial charge in [-0.2, -0.15) is 13.2 Å². The van der Waals surface area contributed by atoms with Crippen molar-refractivity contribution >= 4 is 29.0 Å². The smallest absolute Gasteiger partial charge is 0.422 e. The highest BCUT2D eigenvalue weighted by molar-refractivity contribution is 6.30. The number of halogens is 4. The van der Waals surface area contributed by atoms with E-state index in [0.29, 0.717) is 0 Å². The summed E-state index contributed by atoms with van der Waals surface area (Å²) in [5, 5.41) is 2.61. The van der Waals surface area contributed by atoms with Gasteiger partial charge in [0.15, 0.2) is 6.61 Å². The third-order valence-electron chi connectivity index (χ3n) is 2.63. The number of pyridine rings is 1. The monoisotopic (exact) mass is 345 g/mol. The standard InChI is InChI=1S/C14H11ClF3N3O2/c15-9-2-3-10(11(5-9)23-7-14(16,17)18)21-13(22)8-1-4-12(19)20-6-8/h1-6H,7H2,(H2,19,20)(H,21,22). The summed E-state index contributed by atoms with van der Waals surface area (Å²) in [7, 11) is 0. The van der Waals surface area contributed by atoms with Crippen molar-refractivity contribution in [1.82, 2.24) is 4.98 Å². The first kappa shape index (κ1) is 16.9. The summed E-state index contributed by atoms with van der Waals surface area (Å²) in [6.07, 6.45) is -3.26. The molecule has 0 unspecified atom stereocenters. The number of nitrogens with two attached hydrogens (primary N) is 1. The molecule has 1 aromatic carbocycles. The van der Waals surface area contributed by atoms with Crippen LogP contribution in [0.5, 0.6) is 5.75 Å². The molecule has 3 N–H and O–H groups in total. The Balaban J connectivity index is 2.18. The first-order chi connectivity index (χ1) is 10.7. The van der Waals surface area contributed by atoms with Crippen molar-refractivity contribution in [3.63, 3.8) is 0 Å². The lowest BCUT2D eigenvalue weighted by atomic mass is 10.2. The van der Waals surface area contributed by atoms with Crippen molar-refractivity contribution in [3.8, 4) is 5.75 Å². The van der Waals surface area contributed by atoms with Crippen LogP contribution in [-0.4, -0.2) is 23.7 Å². The fourth-order valence-corrected chi connectivity index (χ4v) is 1.77. The van der Waals surface area contributed by atoms with E-state index in [-0.39, 0.29) is 27.8 Å². The Kier molecular flexibility index (Phi) is 4.95. The number of carbonyl (C=O) groups excluding carboxylic acids is 1. The molecule has 0 aliphatic rings. The van der Waals surface area contributed by atoms with E-state index in [0.717, 1.165) is 0 Å². The highest BCUT2D eigenvalue weighted by Gasteiger charge is 2.29. The number of nitrogens with one attached hydrogen (secondary N) is 1. The summed E-state index contributed by atoms with van der Waals surface area (Å²) in [6, 6.07) is 6.81. The lowest BCUT2D eigenvalue weighted by Crippen LogP contribution is -2.20. The van der Waals surface area contributed by atoms with Gasteiger partial charge in [-0.05, 0) is 24.3 Å². The molecule has 0 saturated heterocycles. The second-order valence-corrected chi connectivity index (χ2v) is 4.91. The van der Waals surface area contributed by atoms with E-state index < -0.39 is 18.7 Å². The number of alkyl halides is 3. The molecule has 0 aliphatic heterocycles. The Hall–Kier alpha value is -2.48. The van der Waals surface area contributed by atoms with Crippen LogP contribution in [0, 0.1) is 0 Å². The van der Waals surface area contributed by atoms with Crippen LogP contribution in [0.2, 0.25) is 5.02 Å². The molecule has 122 valence electrons. The van der Waals surface area contributed by atoms with Gasteiger partial charge in [0.2, 0.25) is 0 Å². The van der Waals surface area contributed by atoms with Crippen molar-refractivity contribution in [2.75, 3.05) is 17.7 Å². The summed E-state index contributed by atoms with van der Waals surface area (Å²) >= 11 is 5.74. The van der Waals surface area contributed by atoms with Crippen molar-refractivity contribution in [2.45, 2.75) is 6.18 Å². The topological polar surface area (TPSA) is 77.2 Å². The number of hydrogen-bond donors (Lipinski definition) is 2. The van der Waals surface area contributed by atoms with E-state index >= 15 is 0 Å². The summed E-state index contributed by atoms with van der Waals surface area (Å²) in [6.45, 7) is -1.50. The normalized spacial score (nSPS) is 11.1. The lowest BCUT2D eigenvalue weighted by molar-refractivity contribution is -0.153. The Bertz CT molecular complexity index is 705. The van der Waals surface area contributed by atoms with Gasteiger partial charge in [-0.1, -0.05) is 11.6 Å². The molecule has 23 heavy (non-hydrogen) atoms. The molecular weight excluding hydrogens is 335 g/mol. The quantitative estimate of drug-likeness (QED) is 0.889. The van der Waals surface area contributed by atoms with E-state index in [9.17, 15) is 18.0 Å². The lowest BCUT2D eigenvalue weighted by Gasteiger charge is -2.14. The van der Waals surface area contributed by atoms with E-state index in [1.807, 2.05) is 0 Å². The third-order valence-corrected chi connectivity index (χ3v) is 2.87. The average molecular weight is 346 g/mol. The Morgan fingerprint density at radius 3 is 2.65 bits per heavy atom. The Morgan fingerprint density at radius 1 is 1.30 bits per heavy atom. The predicted octanol–water partition coefficient (Wildman–Crippen LogP) is 3.51. The average Bonchev–Trinajstić information content (AvgIpc) is 2.47. The van der Waals surface area contributed by atoms with E-state index in [1.54, 1.807) is 0 Å². The van der Waals surface area contributed by atoms with Gasteiger partial charge in [-0.25, -0.2) is 4.98 Å². The first-order valence-electron chi connectivity index (χ1n) is 6.26. The number of nitrogens with zero attached hydrogens (tertiary/aromatic N) is 1. The van der Waals surface area contributed by atoms with Gasteiger partial charge in [-0.3, -0.25) is 4.79 Å². The van der Waals surface area contributed by atoms with Gasteiger partial charge in [-0.15, -0.1) is 0 Å². The molecule has 2 aromatic rings. The molecule has 5 nitrogen and oxygen atoms in total. The van der Waals surface area contributed by atoms with Crippen molar-refractivity contribution in [1.29, 1.82) is 0 Å². The number of ether oxygens (including phenoxy) is 1. The molecule has 9 heteroatoms. The van der Waals surface area contributed by atoms with Gasteiger partial charge >= 0.3 is 6.18 Å². The van der Waals surface area contributed by atoms with Crippen LogP contribution in [0.3, 0.4) is 0 Å². The second-order valence-electron chi connectivity index (χ2n) is 4.47. The highest BCUT2D eigenvalue weighted by Crippen LogP contribution is 2.30. The maximum absolute atomic E-state index is 12.3. The molecule has 0 bridgehead atoms. The zero-order chi connectivity index (χ0) is 17.0. The largest absolute Gasteiger partial charge is 0.482 e. The third kappa shape index (κ3) is 5.03. The van der Waals surface area contributed by atoms with Crippen molar-refractivity contribution in [2.24, 2.45) is 0 Å². The molecule has 1 heterocycles. The van der Waals surface area contributed by atoms with Crippen LogP contribution in [-0.2, 0) is 0 Å². The van der Waals surface area contributed by atoms with Gasteiger partial charge in [0.1, 0.15) is 11.6 Å². The van der Waals surface area contributed by atoms with Crippen LogP contribution in [0.25, 0.3) is 0 Å². The van der Waals surface area contributed by atoms with Gasteiger partial charge in [0.05, 0.1) is 11.3 Å². The zero-order valence-corrected chi connectivity index (χ0v) is 12.3. The van der Waals surface area contributed by atoms with Gasteiger partial charge in [0.25, 0.3) is 5.91 Å². The fraction of sp³-hybridized carbons (Fsp3) is 0.143. The molecule has 0 aliphatic carbocycles. The molecular formula is C14H11ClF3N3O2. The Labute approximate surface area is 134 Å². The highest BCUT2D eigenvalue weighted by atomic mass is 35.5. The number of aromatic nitrogens is 1. The van der Waals surface area contributed by atoms with Gasteiger partial charge < -0.3 is 15.8 Å². The molecule has 0 atom stereocenters. The first-order valence-corrected chi connectivity index (χ1v) is 6.64. The SMILES string of the molecule is Nc1ccc(C(=O)Nc2ccc(Cl)cc2OCC(F)(F)F)cn1. The maximum atomic E-state index is 12.3. The molecule has 1 aromatic heterocycles. The summed E-state index contributed by atoms with van der Waals surface area (Å²) in [5.74, 6) is -0.523. The van der Waals surface area contributed by atoms with Crippen molar-refractivity contribution in [3.05, 3.63) is 47.1 Å². The van der Waals surface area contributed by atoms with Crippen LogP contribution in [0.4, 0.5) is 24.7 Å². The van der Waals surface area contributed by atoms with Crippen LogP contribution in [0.1, 0.15) is 10.4 Å². The molecule has 1 amide bonds. The van der Waals surface area contributed by atoms with E-state index in [4.69, 9.17) is 17.3 Å². The van der Waals surface area contributed by atoms with Crippen LogP contribution in [0.15, 0.2) is 36.5 Å². The van der Waals surface area contributed by atoms with Crippen molar-refractivity contribution < 1.29 is 22.7 Å². The summed E-state index contributed by atoms with van der Waals surface area (Å²) in [4.78, 5) is 15.8. The fourth-order valence-electron chi connectivity index (χ4n) is 1.61. The summed E-state index contributed by atoms with van der Waals surface area (Å²) in [5.41, 5.74) is 5.66. The second kappa shape index (κ2) is 6.74. The minimum Gasteiger partial charge on any atom is -0.482 e. The molecule has 2 rings (SSSR count). The number of nitrogen functional groups attached to an aromatic ring is 1. The van der Waals surface area contributed by atoms with Crippen LogP contribution >= 0.6 is 11.6 Å². The molecule has 0 saturated carbocycles. The molecule has 0 fully saturated rings. The predicted molar refractivity (Wildman–Crippen MR) is 79.6 cm³/mol. The number of rotatable bonds is 4. The molecule has 0 spiro atoms. The molecule has 0 radical (unpaired) electrons. The minimum atomic E-state index is -4.51. The summed E-state index contributed by atoms with van der Waals surface area (Å²) < 4.78 is 41.5. The zero-order valence-electron chi connectivity index (χ0n) is 11.5. The number of hydrogen-bond acceptors (Lipinski definition) is 4. The number of benzene rings is 1. The number of anilines is 2. The number of carbonyl (C=O) groups is 1. The number of amides is 1. The maximum Gasteiger partial charge on any atom is 0.422 e. The minimum absolute atomic E-state index is 0.0560. The van der Waals surface area contributed by atoms with Crippen LogP contribution < -0.4 is 15.8 Å². The van der Waals surface area contributed by atoms with E-state index in [1.165, 1.54) is 36.5 Å².